The van der Waals surface area contributed by atoms with Crippen LogP contribution in [0.15, 0.2) is 24.5 Å². The fourth-order valence-corrected chi connectivity index (χ4v) is 3.49. The van der Waals surface area contributed by atoms with Crippen LogP contribution in [0.25, 0.3) is 11.0 Å². The summed E-state index contributed by atoms with van der Waals surface area (Å²) in [5.74, 6) is 3.18. The summed E-state index contributed by atoms with van der Waals surface area (Å²) in [4.78, 5) is 9.90. The monoisotopic (exact) mass is 305 g/mol. The second-order valence-electron chi connectivity index (χ2n) is 5.44. The quantitative estimate of drug-likeness (QED) is 0.798. The third kappa shape index (κ3) is 4.38. The third-order valence-corrected chi connectivity index (χ3v) is 4.82. The van der Waals surface area contributed by atoms with Crippen LogP contribution >= 0.6 is 11.8 Å². The Morgan fingerprint density at radius 3 is 3.00 bits per heavy atom. The van der Waals surface area contributed by atoms with Crippen molar-refractivity contribution in [2.75, 3.05) is 37.7 Å². The van der Waals surface area contributed by atoms with E-state index in [4.69, 9.17) is 4.74 Å². The van der Waals surface area contributed by atoms with Crippen molar-refractivity contribution in [2.24, 2.45) is 0 Å². The number of fused-ring (bicyclic) bond motifs is 1. The van der Waals surface area contributed by atoms with E-state index in [0.717, 1.165) is 29.1 Å². The number of ether oxygens (including phenoxy) is 1. The van der Waals surface area contributed by atoms with E-state index in [1.807, 2.05) is 30.0 Å². The number of nitrogens with zero attached hydrogens (tertiary/aromatic N) is 2. The van der Waals surface area contributed by atoms with Crippen molar-refractivity contribution >= 4 is 22.8 Å². The molecule has 0 amide bonds. The summed E-state index contributed by atoms with van der Waals surface area (Å²) >= 11 is 1.98. The average Bonchev–Trinajstić information content (AvgIpc) is 2.99. The topological polar surface area (TPSA) is 41.1 Å². The van der Waals surface area contributed by atoms with Crippen LogP contribution in [0.2, 0.25) is 0 Å². The van der Waals surface area contributed by atoms with Crippen molar-refractivity contribution in [1.29, 1.82) is 0 Å². The van der Waals surface area contributed by atoms with Crippen molar-refractivity contribution < 1.29 is 4.74 Å². The molecule has 3 rings (SSSR count). The van der Waals surface area contributed by atoms with Crippen LogP contribution < -0.4 is 4.74 Å². The summed E-state index contributed by atoms with van der Waals surface area (Å²) in [6.07, 6.45) is 5.89. The molecule has 0 unspecified atom stereocenters. The Labute approximate surface area is 130 Å². The van der Waals surface area contributed by atoms with Gasteiger partial charge in [-0.1, -0.05) is 6.42 Å². The normalized spacial score (nSPS) is 16.4. The van der Waals surface area contributed by atoms with Crippen molar-refractivity contribution in [3.05, 3.63) is 24.5 Å². The molecule has 1 aliphatic heterocycles. The lowest BCUT2D eigenvalue weighted by molar-refractivity contribution is 0.242. The summed E-state index contributed by atoms with van der Waals surface area (Å²) in [6, 6.07) is 5.99. The summed E-state index contributed by atoms with van der Waals surface area (Å²) in [6.45, 7) is 4.58. The molecule has 0 atom stereocenters. The minimum Gasteiger partial charge on any atom is -0.493 e. The number of rotatable bonds is 7. The predicted molar refractivity (Wildman–Crippen MR) is 89.2 cm³/mol. The molecule has 0 aliphatic carbocycles. The maximum atomic E-state index is 5.79. The molecule has 1 N–H and O–H groups in total. The van der Waals surface area contributed by atoms with Gasteiger partial charge in [0, 0.05) is 24.1 Å². The minimum absolute atomic E-state index is 0.768. The van der Waals surface area contributed by atoms with Gasteiger partial charge in [-0.05, 0) is 38.1 Å². The lowest BCUT2D eigenvalue weighted by Crippen LogP contribution is -2.31. The van der Waals surface area contributed by atoms with Crippen LogP contribution in [-0.4, -0.2) is 52.6 Å². The zero-order chi connectivity index (χ0) is 14.3. The summed E-state index contributed by atoms with van der Waals surface area (Å²) in [5.41, 5.74) is 2.02. The van der Waals surface area contributed by atoms with E-state index in [9.17, 15) is 0 Å². The highest BCUT2D eigenvalue weighted by molar-refractivity contribution is 7.99. The van der Waals surface area contributed by atoms with E-state index >= 15 is 0 Å². The standard InChI is InChI=1S/C16H23N3OS/c1-2-6-19(7-3-1)8-10-21-11-9-20-14-4-5-15-16(12-14)18-13-17-15/h4-5,12-13H,1-3,6-11H2,(H,17,18). The smallest absolute Gasteiger partial charge is 0.121 e. The number of hydrogen-bond acceptors (Lipinski definition) is 4. The molecule has 1 aliphatic rings. The summed E-state index contributed by atoms with van der Waals surface area (Å²) in [5, 5.41) is 0. The molecule has 4 nitrogen and oxygen atoms in total. The Kier molecular flexibility index (Phi) is 5.40. The first-order valence-electron chi connectivity index (χ1n) is 7.78. The first-order chi connectivity index (χ1) is 10.4. The molecule has 1 saturated heterocycles. The number of H-pyrrole nitrogens is 1. The predicted octanol–water partition coefficient (Wildman–Crippen LogP) is 3.16. The molecule has 5 heteroatoms. The number of thioether (sulfide) groups is 1. The van der Waals surface area contributed by atoms with Gasteiger partial charge in [0.1, 0.15) is 5.75 Å². The zero-order valence-electron chi connectivity index (χ0n) is 12.4. The largest absolute Gasteiger partial charge is 0.493 e. The van der Waals surface area contributed by atoms with Crippen LogP contribution in [0.3, 0.4) is 0 Å². The number of aromatic amines is 1. The molecule has 1 fully saturated rings. The van der Waals surface area contributed by atoms with Crippen LogP contribution in [-0.2, 0) is 0 Å². The SMILES string of the molecule is c1nc2ccc(OCCSCCN3CCCCC3)cc2[nH]1. The van der Waals surface area contributed by atoms with Gasteiger partial charge in [-0.2, -0.15) is 11.8 Å². The molecular weight excluding hydrogens is 282 g/mol. The molecule has 0 radical (unpaired) electrons. The average molecular weight is 305 g/mol. The molecule has 1 aromatic heterocycles. The van der Waals surface area contributed by atoms with Gasteiger partial charge >= 0.3 is 0 Å². The van der Waals surface area contributed by atoms with Gasteiger partial charge in [-0.15, -0.1) is 0 Å². The van der Waals surface area contributed by atoms with Gasteiger partial charge in [0.2, 0.25) is 0 Å². The minimum atomic E-state index is 0.768. The number of hydrogen-bond donors (Lipinski definition) is 1. The van der Waals surface area contributed by atoms with Gasteiger partial charge in [0.05, 0.1) is 24.0 Å². The third-order valence-electron chi connectivity index (χ3n) is 3.89. The Morgan fingerprint density at radius 1 is 1.19 bits per heavy atom. The fraction of sp³-hybridized carbons (Fsp3) is 0.562. The maximum Gasteiger partial charge on any atom is 0.121 e. The molecule has 114 valence electrons. The number of likely N-dealkylation sites (tertiary alicyclic amines) is 1. The van der Waals surface area contributed by atoms with E-state index in [1.165, 1.54) is 44.6 Å². The molecule has 1 aromatic carbocycles. The summed E-state index contributed by atoms with van der Waals surface area (Å²) in [7, 11) is 0. The number of imidazole rings is 1. The van der Waals surface area contributed by atoms with Crippen molar-refractivity contribution in [3.63, 3.8) is 0 Å². The Morgan fingerprint density at radius 2 is 2.10 bits per heavy atom. The van der Waals surface area contributed by atoms with Gasteiger partial charge in [0.15, 0.2) is 0 Å². The number of aromatic nitrogens is 2. The van der Waals surface area contributed by atoms with Gasteiger partial charge < -0.3 is 14.6 Å². The number of benzene rings is 1. The molecule has 21 heavy (non-hydrogen) atoms. The highest BCUT2D eigenvalue weighted by Crippen LogP contribution is 2.18. The Bertz CT molecular complexity index is 551. The molecular formula is C16H23N3OS. The van der Waals surface area contributed by atoms with Crippen molar-refractivity contribution in [1.82, 2.24) is 14.9 Å². The lowest BCUT2D eigenvalue weighted by atomic mass is 10.1. The van der Waals surface area contributed by atoms with Crippen LogP contribution in [0.1, 0.15) is 19.3 Å². The number of nitrogens with one attached hydrogen (secondary N) is 1. The first-order valence-corrected chi connectivity index (χ1v) is 8.93. The van der Waals surface area contributed by atoms with E-state index in [2.05, 4.69) is 14.9 Å². The molecule has 2 aromatic rings. The van der Waals surface area contributed by atoms with Crippen LogP contribution in [0.4, 0.5) is 0 Å². The Balaban J connectivity index is 1.30. The van der Waals surface area contributed by atoms with E-state index < -0.39 is 0 Å². The molecule has 0 spiro atoms. The molecule has 0 bridgehead atoms. The fourth-order valence-electron chi connectivity index (χ4n) is 2.70. The maximum absolute atomic E-state index is 5.79. The first kappa shape index (κ1) is 14.7. The Hall–Kier alpha value is -1.20. The van der Waals surface area contributed by atoms with Gasteiger partial charge in [-0.3, -0.25) is 0 Å². The van der Waals surface area contributed by atoms with Gasteiger partial charge in [-0.25, -0.2) is 4.98 Å². The molecule has 2 heterocycles. The highest BCUT2D eigenvalue weighted by atomic mass is 32.2. The van der Waals surface area contributed by atoms with Crippen molar-refractivity contribution in [2.45, 2.75) is 19.3 Å². The highest BCUT2D eigenvalue weighted by Gasteiger charge is 2.08. The van der Waals surface area contributed by atoms with Crippen molar-refractivity contribution in [3.8, 4) is 5.75 Å². The van der Waals surface area contributed by atoms with Gasteiger partial charge in [0.25, 0.3) is 0 Å². The second kappa shape index (κ2) is 7.71. The van der Waals surface area contributed by atoms with Crippen LogP contribution in [0, 0.1) is 0 Å². The van der Waals surface area contributed by atoms with E-state index in [0.29, 0.717) is 0 Å². The van der Waals surface area contributed by atoms with E-state index in [1.54, 1.807) is 6.33 Å². The lowest BCUT2D eigenvalue weighted by Gasteiger charge is -2.26. The van der Waals surface area contributed by atoms with Crippen LogP contribution in [0.5, 0.6) is 5.75 Å². The zero-order valence-corrected chi connectivity index (χ0v) is 13.2. The van der Waals surface area contributed by atoms with E-state index in [-0.39, 0.29) is 0 Å². The second-order valence-corrected chi connectivity index (χ2v) is 6.67. The summed E-state index contributed by atoms with van der Waals surface area (Å²) < 4.78 is 5.79. The molecule has 0 saturated carbocycles. The number of piperidine rings is 1.